The number of pyridine rings is 2. The van der Waals surface area contributed by atoms with E-state index in [2.05, 4.69) is 135 Å². The number of ether oxygens (including phenoxy) is 1. The maximum Gasteiger partial charge on any atom is 2.00 e. The van der Waals surface area contributed by atoms with Crippen molar-refractivity contribution in [3.05, 3.63) is 144 Å². The van der Waals surface area contributed by atoms with Gasteiger partial charge in [-0.25, -0.2) is 9.97 Å². The molecule has 0 saturated carbocycles. The molecule has 0 saturated heterocycles. The van der Waals surface area contributed by atoms with Crippen molar-refractivity contribution in [1.82, 2.24) is 14.5 Å². The molecule has 8 rings (SSSR count). The van der Waals surface area contributed by atoms with Crippen LogP contribution in [-0.4, -0.2) is 14.5 Å². The molecule has 0 spiro atoms. The zero-order chi connectivity index (χ0) is 31.6. The first-order valence-electron chi connectivity index (χ1n) is 15.7. The van der Waals surface area contributed by atoms with Gasteiger partial charge >= 0.3 is 20.4 Å². The molecule has 1 aliphatic rings. The van der Waals surface area contributed by atoms with Gasteiger partial charge in [-0.2, -0.15) is 12.1 Å². The molecule has 0 unspecified atom stereocenters. The molecule has 1 aliphatic heterocycles. The molecule has 3 aromatic heterocycles. The van der Waals surface area contributed by atoms with Gasteiger partial charge in [-0.1, -0.05) is 88.3 Å². The number of hydrogen-bond donors (Lipinski definition) is 0. The Kier molecular flexibility index (Phi) is 7.55. The van der Waals surface area contributed by atoms with E-state index in [0.29, 0.717) is 11.5 Å². The van der Waals surface area contributed by atoms with Crippen LogP contribution in [-0.2, 0) is 31.3 Å². The third kappa shape index (κ3) is 5.13. The third-order valence-corrected chi connectivity index (χ3v) is 9.10. The molecule has 0 fully saturated rings. The molecule has 4 aromatic carbocycles. The van der Waals surface area contributed by atoms with Crippen molar-refractivity contribution in [3.8, 4) is 17.3 Å². The van der Waals surface area contributed by atoms with Gasteiger partial charge in [0.15, 0.2) is 0 Å². The number of fused-ring (bicyclic) bond motifs is 5. The molecular weight excluding hydrogens is 671 g/mol. The van der Waals surface area contributed by atoms with Gasteiger partial charge in [0.1, 0.15) is 11.6 Å². The molecule has 4 heterocycles. The second kappa shape index (κ2) is 11.5. The molecule has 0 bridgehead atoms. The maximum atomic E-state index is 6.51. The SMILES string of the molecule is CC(C)(C)c1ccnc(-n2c3[c-]c(Oc4[c-]c(N5c6ccccc6C(C)(C)c6cccnc65)ccc4)ccc3c3ccccc32)c1.[Pd+2]. The van der Waals surface area contributed by atoms with Crippen molar-refractivity contribution < 1.29 is 25.2 Å². The largest absolute Gasteiger partial charge is 2.00 e. The minimum absolute atomic E-state index is 0. The van der Waals surface area contributed by atoms with Crippen molar-refractivity contribution in [1.29, 1.82) is 0 Å². The van der Waals surface area contributed by atoms with Crippen LogP contribution in [0, 0.1) is 12.1 Å². The summed E-state index contributed by atoms with van der Waals surface area (Å²) in [7, 11) is 0. The van der Waals surface area contributed by atoms with Crippen molar-refractivity contribution in [3.63, 3.8) is 0 Å². The van der Waals surface area contributed by atoms with E-state index in [0.717, 1.165) is 44.8 Å². The Hall–Kier alpha value is -4.76. The molecule has 47 heavy (non-hydrogen) atoms. The number of hydrogen-bond acceptors (Lipinski definition) is 4. The van der Waals surface area contributed by atoms with Gasteiger partial charge in [-0.05, 0) is 52.3 Å². The van der Waals surface area contributed by atoms with Crippen molar-refractivity contribution in [2.45, 2.75) is 45.4 Å². The number of nitrogens with zero attached hydrogens (tertiary/aromatic N) is 4. The first-order chi connectivity index (χ1) is 22.2. The second-order valence-corrected chi connectivity index (χ2v) is 13.4. The topological polar surface area (TPSA) is 43.2 Å². The van der Waals surface area contributed by atoms with Gasteiger partial charge < -0.3 is 14.2 Å². The predicted octanol–water partition coefficient (Wildman–Crippen LogP) is 10.4. The Labute approximate surface area is 289 Å². The van der Waals surface area contributed by atoms with Crippen LogP contribution in [0.4, 0.5) is 17.2 Å². The number of anilines is 3. The van der Waals surface area contributed by atoms with Crippen molar-refractivity contribution >= 4 is 39.0 Å². The summed E-state index contributed by atoms with van der Waals surface area (Å²) >= 11 is 0. The van der Waals surface area contributed by atoms with E-state index in [4.69, 9.17) is 14.7 Å². The Morgan fingerprint density at radius 2 is 1.47 bits per heavy atom. The Bertz CT molecular complexity index is 2230. The molecule has 234 valence electrons. The zero-order valence-corrected chi connectivity index (χ0v) is 28.5. The molecule has 7 aromatic rings. The van der Waals surface area contributed by atoms with Crippen LogP contribution in [0.2, 0.25) is 0 Å². The number of benzene rings is 4. The number of para-hydroxylation sites is 2. The zero-order valence-electron chi connectivity index (χ0n) is 27.0. The van der Waals surface area contributed by atoms with E-state index < -0.39 is 0 Å². The number of aromatic nitrogens is 3. The molecule has 0 atom stereocenters. The van der Waals surface area contributed by atoms with E-state index in [1.807, 2.05) is 36.7 Å². The van der Waals surface area contributed by atoms with Crippen LogP contribution in [0.25, 0.3) is 27.6 Å². The molecule has 0 aliphatic carbocycles. The van der Waals surface area contributed by atoms with E-state index in [9.17, 15) is 0 Å². The van der Waals surface area contributed by atoms with Crippen LogP contribution in [0.15, 0.2) is 116 Å². The fraction of sp³-hybridized carbons (Fsp3) is 0.171. The first-order valence-corrected chi connectivity index (χ1v) is 15.7. The minimum atomic E-state index is -0.186. The molecule has 0 radical (unpaired) electrons. The normalized spacial score (nSPS) is 13.6. The van der Waals surface area contributed by atoms with Crippen LogP contribution in [0.1, 0.15) is 51.3 Å². The average molecular weight is 705 g/mol. The predicted molar refractivity (Wildman–Crippen MR) is 186 cm³/mol. The smallest absolute Gasteiger partial charge is 0.509 e. The average Bonchev–Trinajstić information content (AvgIpc) is 3.38. The van der Waals surface area contributed by atoms with Gasteiger partial charge in [0.2, 0.25) is 0 Å². The van der Waals surface area contributed by atoms with E-state index >= 15 is 0 Å². The van der Waals surface area contributed by atoms with Crippen LogP contribution in [0.3, 0.4) is 0 Å². The van der Waals surface area contributed by atoms with E-state index in [1.165, 1.54) is 16.7 Å². The van der Waals surface area contributed by atoms with E-state index in [-0.39, 0.29) is 31.3 Å². The maximum absolute atomic E-state index is 6.51. The van der Waals surface area contributed by atoms with Gasteiger partial charge in [0.05, 0.1) is 0 Å². The molecule has 0 N–H and O–H groups in total. The number of rotatable bonds is 4. The molecular formula is C41H34N4OPd. The van der Waals surface area contributed by atoms with Gasteiger partial charge in [0, 0.05) is 46.1 Å². The molecule has 6 heteroatoms. The summed E-state index contributed by atoms with van der Waals surface area (Å²) < 4.78 is 8.69. The Morgan fingerprint density at radius 1 is 0.702 bits per heavy atom. The summed E-state index contributed by atoms with van der Waals surface area (Å²) in [6.45, 7) is 11.2. The summed E-state index contributed by atoms with van der Waals surface area (Å²) in [6.07, 6.45) is 3.75. The fourth-order valence-corrected chi connectivity index (χ4v) is 6.69. The van der Waals surface area contributed by atoms with Gasteiger partial charge in [-0.15, -0.1) is 35.7 Å². The molecule has 0 amide bonds. The van der Waals surface area contributed by atoms with Crippen molar-refractivity contribution in [2.24, 2.45) is 0 Å². The Balaban J connectivity index is 0.00000351. The summed E-state index contributed by atoms with van der Waals surface area (Å²) in [5.41, 5.74) is 7.39. The summed E-state index contributed by atoms with van der Waals surface area (Å²) in [4.78, 5) is 11.8. The quantitative estimate of drug-likeness (QED) is 0.135. The van der Waals surface area contributed by atoms with Gasteiger partial charge in [0.25, 0.3) is 0 Å². The van der Waals surface area contributed by atoms with Crippen LogP contribution in [0.5, 0.6) is 11.5 Å². The van der Waals surface area contributed by atoms with E-state index in [1.54, 1.807) is 0 Å². The molecule has 5 nitrogen and oxygen atoms in total. The van der Waals surface area contributed by atoms with Gasteiger partial charge in [-0.3, -0.25) is 0 Å². The monoisotopic (exact) mass is 704 g/mol. The summed E-state index contributed by atoms with van der Waals surface area (Å²) in [5, 5.41) is 2.24. The van der Waals surface area contributed by atoms with Crippen LogP contribution < -0.4 is 9.64 Å². The Morgan fingerprint density at radius 3 is 2.32 bits per heavy atom. The minimum Gasteiger partial charge on any atom is -0.509 e. The fourth-order valence-electron chi connectivity index (χ4n) is 6.69. The standard InChI is InChI=1S/C41H34N4O.Pd/c1-40(2,3)27-21-23-42-38(24-27)45-35-17-8-6-14-31(35)32-20-19-30(26-37(32)45)46-29-13-10-12-28(25-29)44-36-18-9-7-15-33(36)41(4,5)34-16-11-22-43-39(34)44;/h6-24H,1-5H3;/q-2;+2. The first kappa shape index (κ1) is 30.9. The van der Waals surface area contributed by atoms with Crippen molar-refractivity contribution in [2.75, 3.05) is 4.90 Å². The summed E-state index contributed by atoms with van der Waals surface area (Å²) in [5.74, 6) is 2.97. The second-order valence-electron chi connectivity index (χ2n) is 13.4. The third-order valence-electron chi connectivity index (χ3n) is 9.10. The summed E-state index contributed by atoms with van der Waals surface area (Å²) in [6, 6.07) is 42.6. The van der Waals surface area contributed by atoms with Crippen LogP contribution >= 0.6 is 0 Å².